The molecule has 0 spiro atoms. The molecule has 1 N–H and O–H groups in total. The smallest absolute Gasteiger partial charge is 0.370 e. The Morgan fingerprint density at radius 2 is 2.11 bits per heavy atom. The minimum atomic E-state index is -4.38. The van der Waals surface area contributed by atoms with Crippen LogP contribution in [0.1, 0.15) is 12.6 Å². The fourth-order valence-corrected chi connectivity index (χ4v) is 2.60. The van der Waals surface area contributed by atoms with Gasteiger partial charge < -0.3 is 10.1 Å². The molecule has 0 aliphatic carbocycles. The molecule has 27 heavy (non-hydrogen) atoms. The monoisotopic (exact) mass is 401 g/mol. The molecular formula is C15H15ClF3N7O. The molecule has 0 saturated heterocycles. The second kappa shape index (κ2) is 8.01. The maximum atomic E-state index is 12.2. The first-order valence-corrected chi connectivity index (χ1v) is 8.35. The zero-order valence-electron chi connectivity index (χ0n) is 14.2. The van der Waals surface area contributed by atoms with Crippen molar-refractivity contribution in [2.24, 2.45) is 0 Å². The molecule has 0 bridgehead atoms. The number of nitrogens with zero attached hydrogens (tertiary/aromatic N) is 6. The molecular weight excluding hydrogens is 387 g/mol. The Morgan fingerprint density at radius 3 is 2.78 bits per heavy atom. The Balaban J connectivity index is 1.93. The molecule has 0 aliphatic rings. The lowest BCUT2D eigenvalue weighted by Crippen LogP contribution is -2.19. The maximum Gasteiger partial charge on any atom is 0.411 e. The Morgan fingerprint density at radius 1 is 1.30 bits per heavy atom. The van der Waals surface area contributed by atoms with Crippen LogP contribution in [-0.2, 0) is 17.7 Å². The van der Waals surface area contributed by atoms with Crippen molar-refractivity contribution in [1.29, 1.82) is 0 Å². The largest absolute Gasteiger partial charge is 0.411 e. The third-order valence-electron chi connectivity index (χ3n) is 3.51. The van der Waals surface area contributed by atoms with Gasteiger partial charge in [0, 0.05) is 6.20 Å². The number of aromatic nitrogens is 6. The number of nitrogens with one attached hydrogen (secondary N) is 1. The van der Waals surface area contributed by atoms with Crippen LogP contribution in [0.4, 0.5) is 24.8 Å². The molecule has 12 heteroatoms. The van der Waals surface area contributed by atoms with Crippen molar-refractivity contribution in [3.63, 3.8) is 0 Å². The molecule has 3 aromatic heterocycles. The standard InChI is InChI=1S/C15H15ClF3N7O/c1-2-9-11-12(26(25-9)5-6-27-7-15(17,18)19)13(24-14(16)23-11)22-10-3-4-20-8-21-10/h3-4,8H,2,5-7H2,1H3,(H,20,21,22,23,24). The first kappa shape index (κ1) is 19.2. The highest BCUT2D eigenvalue weighted by Crippen LogP contribution is 2.27. The van der Waals surface area contributed by atoms with Crippen molar-refractivity contribution >= 4 is 34.3 Å². The molecule has 144 valence electrons. The van der Waals surface area contributed by atoms with E-state index in [1.54, 1.807) is 12.3 Å². The summed E-state index contributed by atoms with van der Waals surface area (Å²) in [6.07, 6.45) is -0.901. The molecule has 0 saturated carbocycles. The molecule has 0 radical (unpaired) electrons. The third kappa shape index (κ3) is 4.80. The van der Waals surface area contributed by atoms with E-state index in [4.69, 9.17) is 11.6 Å². The van der Waals surface area contributed by atoms with Gasteiger partial charge in [0.15, 0.2) is 5.82 Å². The van der Waals surface area contributed by atoms with Crippen molar-refractivity contribution in [2.75, 3.05) is 18.5 Å². The first-order valence-electron chi connectivity index (χ1n) is 7.98. The van der Waals surface area contributed by atoms with E-state index in [-0.39, 0.29) is 18.4 Å². The van der Waals surface area contributed by atoms with Crippen LogP contribution in [0.2, 0.25) is 5.28 Å². The van der Waals surface area contributed by atoms with E-state index < -0.39 is 12.8 Å². The Kier molecular flexibility index (Phi) is 5.71. The van der Waals surface area contributed by atoms with Crippen LogP contribution in [0.5, 0.6) is 0 Å². The normalized spacial score (nSPS) is 11.9. The zero-order chi connectivity index (χ0) is 19.4. The summed E-state index contributed by atoms with van der Waals surface area (Å²) in [5.41, 5.74) is 1.67. The van der Waals surface area contributed by atoms with E-state index in [1.165, 1.54) is 11.0 Å². The fourth-order valence-electron chi connectivity index (χ4n) is 2.43. The van der Waals surface area contributed by atoms with E-state index in [2.05, 4.69) is 35.1 Å². The van der Waals surface area contributed by atoms with Crippen LogP contribution >= 0.6 is 11.6 Å². The minimum absolute atomic E-state index is 0.0154. The Bertz CT molecular complexity index is 917. The summed E-state index contributed by atoms with van der Waals surface area (Å²) in [5, 5.41) is 7.43. The third-order valence-corrected chi connectivity index (χ3v) is 3.68. The van der Waals surface area contributed by atoms with E-state index in [1.807, 2.05) is 6.92 Å². The van der Waals surface area contributed by atoms with Crippen LogP contribution in [0, 0.1) is 0 Å². The van der Waals surface area contributed by atoms with E-state index >= 15 is 0 Å². The van der Waals surface area contributed by atoms with Gasteiger partial charge in [-0.15, -0.1) is 0 Å². The Labute approximate surface area is 156 Å². The van der Waals surface area contributed by atoms with Gasteiger partial charge in [0.25, 0.3) is 0 Å². The van der Waals surface area contributed by atoms with Crippen molar-refractivity contribution in [3.8, 4) is 0 Å². The van der Waals surface area contributed by atoms with Crippen molar-refractivity contribution in [3.05, 3.63) is 29.6 Å². The lowest BCUT2D eigenvalue weighted by atomic mass is 10.3. The molecule has 3 rings (SSSR count). The summed E-state index contributed by atoms with van der Waals surface area (Å²) in [5.74, 6) is 0.812. The SMILES string of the molecule is CCc1nn(CCOCC(F)(F)F)c2c(Nc3ccncn3)nc(Cl)nc12. The second-order valence-electron chi connectivity index (χ2n) is 5.45. The average molecular weight is 402 g/mol. The molecule has 0 unspecified atom stereocenters. The number of ether oxygens (including phenoxy) is 1. The lowest BCUT2D eigenvalue weighted by molar-refractivity contribution is -0.174. The zero-order valence-corrected chi connectivity index (χ0v) is 14.9. The van der Waals surface area contributed by atoms with Gasteiger partial charge in [0.1, 0.15) is 29.8 Å². The molecule has 3 heterocycles. The van der Waals surface area contributed by atoms with Crippen LogP contribution < -0.4 is 5.32 Å². The Hall–Kier alpha value is -2.53. The van der Waals surface area contributed by atoms with Crippen molar-refractivity contribution in [1.82, 2.24) is 29.7 Å². The van der Waals surface area contributed by atoms with Gasteiger partial charge in [0.2, 0.25) is 5.28 Å². The number of aryl methyl sites for hydroxylation is 1. The second-order valence-corrected chi connectivity index (χ2v) is 5.79. The van der Waals surface area contributed by atoms with E-state index in [0.717, 1.165) is 0 Å². The maximum absolute atomic E-state index is 12.2. The van der Waals surface area contributed by atoms with Crippen LogP contribution in [-0.4, -0.2) is 49.1 Å². The van der Waals surface area contributed by atoms with Gasteiger partial charge in [-0.05, 0) is 24.1 Å². The number of fused-ring (bicyclic) bond motifs is 1. The van der Waals surface area contributed by atoms with Gasteiger partial charge in [-0.3, -0.25) is 4.68 Å². The summed E-state index contributed by atoms with van der Waals surface area (Å²) >= 11 is 6.02. The molecule has 0 amide bonds. The van der Waals surface area contributed by atoms with Crippen LogP contribution in [0.25, 0.3) is 11.0 Å². The number of rotatable bonds is 7. The predicted molar refractivity (Wildman–Crippen MR) is 91.9 cm³/mol. The van der Waals surface area contributed by atoms with E-state index in [0.29, 0.717) is 34.8 Å². The van der Waals surface area contributed by atoms with Gasteiger partial charge in [-0.25, -0.2) is 15.0 Å². The molecule has 0 aliphatic heterocycles. The minimum Gasteiger partial charge on any atom is -0.370 e. The quantitative estimate of drug-likeness (QED) is 0.480. The summed E-state index contributed by atoms with van der Waals surface area (Å²) < 4.78 is 42.9. The highest BCUT2D eigenvalue weighted by atomic mass is 35.5. The number of halogens is 4. The number of anilines is 2. The van der Waals surface area contributed by atoms with Crippen LogP contribution in [0.15, 0.2) is 18.6 Å². The lowest BCUT2D eigenvalue weighted by Gasteiger charge is -2.10. The average Bonchev–Trinajstić information content (AvgIpc) is 2.96. The predicted octanol–water partition coefficient (Wildman–Crippen LogP) is 3.15. The van der Waals surface area contributed by atoms with Crippen LogP contribution in [0.3, 0.4) is 0 Å². The molecule has 0 atom stereocenters. The van der Waals surface area contributed by atoms with E-state index in [9.17, 15) is 13.2 Å². The number of alkyl halides is 3. The number of hydrogen-bond donors (Lipinski definition) is 1. The fraction of sp³-hybridized carbons (Fsp3) is 0.400. The molecule has 0 aromatic carbocycles. The summed E-state index contributed by atoms with van der Waals surface area (Å²) in [7, 11) is 0. The molecule has 0 fully saturated rings. The van der Waals surface area contributed by atoms with Gasteiger partial charge in [-0.1, -0.05) is 6.92 Å². The summed E-state index contributed by atoms with van der Waals surface area (Å²) in [4.78, 5) is 16.3. The first-order chi connectivity index (χ1) is 12.9. The van der Waals surface area contributed by atoms with Crippen molar-refractivity contribution < 1.29 is 17.9 Å². The number of hydrogen-bond acceptors (Lipinski definition) is 7. The highest BCUT2D eigenvalue weighted by molar-refractivity contribution is 6.28. The highest BCUT2D eigenvalue weighted by Gasteiger charge is 2.27. The summed E-state index contributed by atoms with van der Waals surface area (Å²) in [6.45, 7) is 0.492. The molecule has 8 nitrogen and oxygen atoms in total. The van der Waals surface area contributed by atoms with Gasteiger partial charge in [0.05, 0.1) is 18.8 Å². The summed E-state index contributed by atoms with van der Waals surface area (Å²) in [6, 6.07) is 1.63. The topological polar surface area (TPSA) is 90.6 Å². The van der Waals surface area contributed by atoms with Crippen molar-refractivity contribution in [2.45, 2.75) is 26.1 Å². The van der Waals surface area contributed by atoms with Gasteiger partial charge in [-0.2, -0.15) is 23.3 Å². The van der Waals surface area contributed by atoms with Gasteiger partial charge >= 0.3 is 6.18 Å². The molecule has 3 aromatic rings.